The predicted octanol–water partition coefficient (Wildman–Crippen LogP) is 4.94. The van der Waals surface area contributed by atoms with Crippen molar-refractivity contribution in [3.63, 3.8) is 0 Å². The lowest BCUT2D eigenvalue weighted by molar-refractivity contribution is 0.592. The van der Waals surface area contributed by atoms with E-state index < -0.39 is 7.14 Å². The van der Waals surface area contributed by atoms with E-state index in [1.54, 1.807) is 6.20 Å². The Morgan fingerprint density at radius 3 is 1.83 bits per heavy atom. The molecule has 0 N–H and O–H groups in total. The molecule has 2 aromatic heterocycles. The van der Waals surface area contributed by atoms with Crippen molar-refractivity contribution < 1.29 is 4.57 Å². The van der Waals surface area contributed by atoms with Crippen LogP contribution < -0.4 is 15.9 Å². The first kappa shape index (κ1) is 18.5. The zero-order valence-corrected chi connectivity index (χ0v) is 17.1. The molecule has 0 spiro atoms. The summed E-state index contributed by atoms with van der Waals surface area (Å²) in [5, 5.41) is 3.49. The number of hydrogen-bond acceptors (Lipinski definition) is 3. The summed E-state index contributed by atoms with van der Waals surface area (Å²) in [4.78, 5) is 8.67. The van der Waals surface area contributed by atoms with E-state index >= 15 is 0 Å². The monoisotopic (exact) mass is 406 g/mol. The van der Waals surface area contributed by atoms with Crippen LogP contribution in [0.3, 0.4) is 0 Å². The Balaban J connectivity index is 1.65. The largest absolute Gasteiger partial charge is 0.309 e. The van der Waals surface area contributed by atoms with Crippen LogP contribution >= 0.6 is 7.14 Å². The van der Waals surface area contributed by atoms with Gasteiger partial charge in [-0.3, -0.25) is 9.97 Å². The molecule has 4 heteroatoms. The van der Waals surface area contributed by atoms with E-state index in [2.05, 4.69) is 9.97 Å². The Labute approximate surface area is 175 Å². The second-order valence-electron chi connectivity index (χ2n) is 7.08. The quantitative estimate of drug-likeness (QED) is 0.397. The first-order valence-corrected chi connectivity index (χ1v) is 11.5. The molecule has 0 saturated heterocycles. The molecule has 5 rings (SSSR count). The second-order valence-corrected chi connectivity index (χ2v) is 9.85. The lowest BCUT2D eigenvalue weighted by Crippen LogP contribution is -2.24. The lowest BCUT2D eigenvalue weighted by Gasteiger charge is -2.20. The highest BCUT2D eigenvalue weighted by Crippen LogP contribution is 2.42. The van der Waals surface area contributed by atoms with Crippen LogP contribution in [-0.2, 0) is 4.57 Å². The van der Waals surface area contributed by atoms with Gasteiger partial charge in [0.2, 0.25) is 0 Å². The molecule has 0 aliphatic carbocycles. The summed E-state index contributed by atoms with van der Waals surface area (Å²) in [5.41, 5.74) is 3.02. The van der Waals surface area contributed by atoms with Crippen LogP contribution in [0.15, 0.2) is 116 Å². The van der Waals surface area contributed by atoms with Crippen molar-refractivity contribution in [1.29, 1.82) is 0 Å². The summed E-state index contributed by atoms with van der Waals surface area (Å²) in [6.07, 6.45) is 5.40. The standard InChI is InChI=1S/C26H19N2OP/c29-30(21-7-3-1-4-8-21,22-9-5-2-6-10-22)23-13-11-20(12-14-23)24-15-18-28-26-16-17-27-19-25(24)26/h1-19H. The van der Waals surface area contributed by atoms with Crippen molar-refractivity contribution in [2.24, 2.45) is 0 Å². The van der Waals surface area contributed by atoms with Crippen LogP contribution in [0.2, 0.25) is 0 Å². The molecular weight excluding hydrogens is 387 g/mol. The Morgan fingerprint density at radius 1 is 0.600 bits per heavy atom. The minimum absolute atomic E-state index is 0.820. The fraction of sp³-hybridized carbons (Fsp3) is 0. The van der Waals surface area contributed by atoms with E-state index in [4.69, 9.17) is 0 Å². The Kier molecular flexibility index (Phi) is 4.74. The molecule has 0 atom stereocenters. The summed E-state index contributed by atoms with van der Waals surface area (Å²) in [7, 11) is -2.96. The Hall–Kier alpha value is -3.55. The molecule has 30 heavy (non-hydrogen) atoms. The number of rotatable bonds is 4. The normalized spacial score (nSPS) is 11.5. The first-order valence-electron chi connectivity index (χ1n) is 9.78. The molecule has 144 valence electrons. The minimum Gasteiger partial charge on any atom is -0.309 e. The third-order valence-corrected chi connectivity index (χ3v) is 8.40. The topological polar surface area (TPSA) is 42.9 Å². The molecule has 2 heterocycles. The SMILES string of the molecule is O=P(c1ccccc1)(c1ccccc1)c1ccc(-c2ccnc3ccncc23)cc1. The van der Waals surface area contributed by atoms with Crippen LogP contribution in [0.4, 0.5) is 0 Å². The van der Waals surface area contributed by atoms with E-state index in [1.165, 1.54) is 0 Å². The van der Waals surface area contributed by atoms with Gasteiger partial charge in [0.1, 0.15) is 0 Å². The average molecular weight is 406 g/mol. The molecule has 5 aromatic rings. The zero-order valence-electron chi connectivity index (χ0n) is 16.2. The van der Waals surface area contributed by atoms with Gasteiger partial charge in [-0.1, -0.05) is 84.9 Å². The summed E-state index contributed by atoms with van der Waals surface area (Å²) in [6.45, 7) is 0. The highest BCUT2D eigenvalue weighted by atomic mass is 31.2. The lowest BCUT2D eigenvalue weighted by atomic mass is 10.0. The summed E-state index contributed by atoms with van der Waals surface area (Å²) < 4.78 is 14.5. The fourth-order valence-electron chi connectivity index (χ4n) is 3.81. The van der Waals surface area contributed by atoms with Gasteiger partial charge in [-0.05, 0) is 23.3 Å². The predicted molar refractivity (Wildman–Crippen MR) is 124 cm³/mol. The molecule has 3 nitrogen and oxygen atoms in total. The molecule has 0 unspecified atom stereocenters. The smallest absolute Gasteiger partial charge is 0.171 e. The molecule has 0 bridgehead atoms. The maximum atomic E-state index is 14.5. The zero-order chi connectivity index (χ0) is 20.4. The van der Waals surface area contributed by atoms with E-state index in [1.807, 2.05) is 109 Å². The average Bonchev–Trinajstić information content (AvgIpc) is 2.84. The van der Waals surface area contributed by atoms with Crippen LogP contribution in [-0.4, -0.2) is 9.97 Å². The van der Waals surface area contributed by atoms with Gasteiger partial charge < -0.3 is 4.57 Å². The molecule has 0 saturated carbocycles. The third kappa shape index (κ3) is 3.14. The molecule has 3 aromatic carbocycles. The van der Waals surface area contributed by atoms with E-state index in [0.717, 1.165) is 37.9 Å². The second kappa shape index (κ2) is 7.70. The molecule has 0 fully saturated rings. The van der Waals surface area contributed by atoms with E-state index in [0.29, 0.717) is 0 Å². The number of hydrogen-bond donors (Lipinski definition) is 0. The molecule has 0 aliphatic heterocycles. The molecule has 0 radical (unpaired) electrons. The third-order valence-electron chi connectivity index (χ3n) is 5.32. The van der Waals surface area contributed by atoms with Crippen molar-refractivity contribution in [2.45, 2.75) is 0 Å². The molecular formula is C26H19N2OP. The Morgan fingerprint density at radius 2 is 1.20 bits per heavy atom. The van der Waals surface area contributed by atoms with Gasteiger partial charge in [-0.15, -0.1) is 0 Å². The maximum Gasteiger partial charge on any atom is 0.171 e. The number of aromatic nitrogens is 2. The molecule has 0 amide bonds. The van der Waals surface area contributed by atoms with Crippen LogP contribution in [0.5, 0.6) is 0 Å². The van der Waals surface area contributed by atoms with Gasteiger partial charge in [-0.25, -0.2) is 0 Å². The van der Waals surface area contributed by atoms with Gasteiger partial charge in [0, 0.05) is 39.9 Å². The first-order chi connectivity index (χ1) is 14.8. The van der Waals surface area contributed by atoms with Gasteiger partial charge in [-0.2, -0.15) is 0 Å². The maximum absolute atomic E-state index is 14.5. The van der Waals surface area contributed by atoms with Crippen LogP contribution in [0, 0.1) is 0 Å². The summed E-state index contributed by atoms with van der Waals surface area (Å²) in [5.74, 6) is 0. The van der Waals surface area contributed by atoms with Crippen molar-refractivity contribution in [1.82, 2.24) is 9.97 Å². The van der Waals surface area contributed by atoms with Gasteiger partial charge in [0.25, 0.3) is 0 Å². The summed E-state index contributed by atoms with van der Waals surface area (Å²) >= 11 is 0. The van der Waals surface area contributed by atoms with Gasteiger partial charge >= 0.3 is 0 Å². The van der Waals surface area contributed by atoms with E-state index in [-0.39, 0.29) is 0 Å². The van der Waals surface area contributed by atoms with Crippen molar-refractivity contribution in [3.8, 4) is 11.1 Å². The van der Waals surface area contributed by atoms with Gasteiger partial charge in [0.15, 0.2) is 7.14 Å². The number of fused-ring (bicyclic) bond motifs is 1. The fourth-order valence-corrected chi connectivity index (χ4v) is 6.46. The highest BCUT2D eigenvalue weighted by molar-refractivity contribution is 7.85. The molecule has 0 aliphatic rings. The van der Waals surface area contributed by atoms with Gasteiger partial charge in [0.05, 0.1) is 5.52 Å². The van der Waals surface area contributed by atoms with Crippen molar-refractivity contribution in [2.75, 3.05) is 0 Å². The minimum atomic E-state index is -2.96. The van der Waals surface area contributed by atoms with Crippen molar-refractivity contribution >= 4 is 34.0 Å². The number of pyridine rings is 2. The van der Waals surface area contributed by atoms with Crippen molar-refractivity contribution in [3.05, 3.63) is 116 Å². The number of nitrogens with zero attached hydrogens (tertiary/aromatic N) is 2. The van der Waals surface area contributed by atoms with Crippen LogP contribution in [0.1, 0.15) is 0 Å². The van der Waals surface area contributed by atoms with Crippen LogP contribution in [0.25, 0.3) is 22.0 Å². The number of benzene rings is 3. The highest BCUT2D eigenvalue weighted by Gasteiger charge is 2.29. The Bertz CT molecular complexity index is 1300. The van der Waals surface area contributed by atoms with E-state index in [9.17, 15) is 4.57 Å². The summed E-state index contributed by atoms with van der Waals surface area (Å²) in [6, 6.07) is 31.4.